The first kappa shape index (κ1) is 21.8. The van der Waals surface area contributed by atoms with Crippen LogP contribution in [-0.4, -0.2) is 45.7 Å². The fourth-order valence-electron chi connectivity index (χ4n) is 3.72. The van der Waals surface area contributed by atoms with Gasteiger partial charge < -0.3 is 24.6 Å². The van der Waals surface area contributed by atoms with E-state index in [2.05, 4.69) is 5.32 Å². The maximum atomic E-state index is 13.5. The highest BCUT2D eigenvalue weighted by Crippen LogP contribution is 2.38. The van der Waals surface area contributed by atoms with Gasteiger partial charge in [-0.1, -0.05) is 0 Å². The van der Waals surface area contributed by atoms with E-state index in [0.717, 1.165) is 6.07 Å². The van der Waals surface area contributed by atoms with Gasteiger partial charge in [0.1, 0.15) is 13.2 Å². The summed E-state index contributed by atoms with van der Waals surface area (Å²) in [6.45, 7) is 0.887. The second kappa shape index (κ2) is 8.25. The van der Waals surface area contributed by atoms with Gasteiger partial charge in [0.25, 0.3) is 0 Å². The summed E-state index contributed by atoms with van der Waals surface area (Å²) in [5, 5.41) is 2.37. The Morgan fingerprint density at radius 3 is 2.50 bits per heavy atom. The molecule has 1 unspecified atom stereocenters. The lowest BCUT2D eigenvalue weighted by molar-refractivity contribution is -0.137. The third kappa shape index (κ3) is 4.30. The van der Waals surface area contributed by atoms with Crippen molar-refractivity contribution in [1.82, 2.24) is 0 Å². The highest BCUT2D eigenvalue weighted by Gasteiger charge is 2.38. The van der Waals surface area contributed by atoms with Gasteiger partial charge in [0.2, 0.25) is 11.8 Å². The third-order valence-corrected chi connectivity index (χ3v) is 5.42. The number of fused-ring (bicyclic) bond motifs is 1. The lowest BCUT2D eigenvalue weighted by atomic mass is 10.1. The van der Waals surface area contributed by atoms with Crippen molar-refractivity contribution in [3.8, 4) is 11.5 Å². The topological polar surface area (TPSA) is 71.1 Å². The van der Waals surface area contributed by atoms with E-state index >= 15 is 0 Å². The zero-order valence-electron chi connectivity index (χ0n) is 17.5. The first-order valence-electron chi connectivity index (χ1n) is 10.0. The van der Waals surface area contributed by atoms with Crippen LogP contribution in [0.15, 0.2) is 36.4 Å². The molecule has 0 spiro atoms. The smallest absolute Gasteiger partial charge is 0.418 e. The standard InChI is InChI=1S/C22H22F3N3O4/c1-27(2)14-3-5-17(16(10-14)22(23,24)25)26-21(30)13-9-20(29)28(12-13)15-4-6-18-19(11-15)32-8-7-31-18/h3-6,10-11,13H,7-9,12H2,1-2H3,(H,26,30). The molecule has 170 valence electrons. The molecule has 2 heterocycles. The molecule has 7 nitrogen and oxygen atoms in total. The molecule has 2 aromatic carbocycles. The number of halogens is 3. The molecule has 1 fully saturated rings. The average molecular weight is 449 g/mol. The van der Waals surface area contributed by atoms with Gasteiger partial charge in [-0.25, -0.2) is 0 Å². The molecule has 1 atom stereocenters. The monoisotopic (exact) mass is 449 g/mol. The van der Waals surface area contributed by atoms with Gasteiger partial charge in [-0.15, -0.1) is 0 Å². The van der Waals surface area contributed by atoms with E-state index in [1.165, 1.54) is 17.0 Å². The molecule has 2 aliphatic rings. The molecule has 2 aliphatic heterocycles. The maximum absolute atomic E-state index is 13.5. The van der Waals surface area contributed by atoms with E-state index in [1.807, 2.05) is 0 Å². The fourth-order valence-corrected chi connectivity index (χ4v) is 3.72. The second-order valence-corrected chi connectivity index (χ2v) is 7.84. The Morgan fingerprint density at radius 2 is 1.81 bits per heavy atom. The molecule has 0 aliphatic carbocycles. The first-order chi connectivity index (χ1) is 15.1. The van der Waals surface area contributed by atoms with Crippen LogP contribution in [0.25, 0.3) is 0 Å². The predicted molar refractivity (Wildman–Crippen MR) is 112 cm³/mol. The number of alkyl halides is 3. The highest BCUT2D eigenvalue weighted by atomic mass is 19.4. The summed E-state index contributed by atoms with van der Waals surface area (Å²) in [4.78, 5) is 28.3. The number of hydrogen-bond donors (Lipinski definition) is 1. The Balaban J connectivity index is 1.51. The van der Waals surface area contributed by atoms with Gasteiger partial charge in [-0.05, 0) is 30.3 Å². The summed E-state index contributed by atoms with van der Waals surface area (Å²) >= 11 is 0. The van der Waals surface area contributed by atoms with Gasteiger partial charge in [0.05, 0.1) is 17.2 Å². The van der Waals surface area contributed by atoms with Crippen LogP contribution < -0.4 is 24.6 Å². The van der Waals surface area contributed by atoms with Crippen LogP contribution in [0.4, 0.5) is 30.2 Å². The largest absolute Gasteiger partial charge is 0.486 e. The number of carbonyl (C=O) groups is 2. The summed E-state index contributed by atoms with van der Waals surface area (Å²) in [6.07, 6.45) is -4.74. The molecule has 1 N–H and O–H groups in total. The minimum Gasteiger partial charge on any atom is -0.486 e. The summed E-state index contributed by atoms with van der Waals surface area (Å²) < 4.78 is 51.6. The summed E-state index contributed by atoms with van der Waals surface area (Å²) in [5.41, 5.74) is -0.375. The van der Waals surface area contributed by atoms with E-state index in [9.17, 15) is 22.8 Å². The second-order valence-electron chi connectivity index (χ2n) is 7.84. The van der Waals surface area contributed by atoms with Gasteiger partial charge in [0.15, 0.2) is 11.5 Å². The van der Waals surface area contributed by atoms with Crippen LogP contribution in [0.2, 0.25) is 0 Å². The number of ether oxygens (including phenoxy) is 2. The van der Waals surface area contributed by atoms with Gasteiger partial charge in [-0.3, -0.25) is 9.59 Å². The number of carbonyl (C=O) groups excluding carboxylic acids is 2. The van der Waals surface area contributed by atoms with Gasteiger partial charge in [-0.2, -0.15) is 13.2 Å². The van der Waals surface area contributed by atoms with Crippen LogP contribution in [0.3, 0.4) is 0 Å². The zero-order valence-corrected chi connectivity index (χ0v) is 17.5. The van der Waals surface area contributed by atoms with Crippen LogP contribution in [0.5, 0.6) is 11.5 Å². The van der Waals surface area contributed by atoms with E-state index in [0.29, 0.717) is 36.1 Å². The summed E-state index contributed by atoms with van der Waals surface area (Å²) in [6, 6.07) is 8.74. The number of anilines is 3. The maximum Gasteiger partial charge on any atom is 0.418 e. The number of benzene rings is 2. The fraction of sp³-hybridized carbons (Fsp3) is 0.364. The lowest BCUT2D eigenvalue weighted by Crippen LogP contribution is -2.29. The van der Waals surface area contributed by atoms with Gasteiger partial charge in [0, 0.05) is 44.5 Å². The highest BCUT2D eigenvalue weighted by molar-refractivity contribution is 6.04. The normalized spacial score (nSPS) is 18.0. The summed E-state index contributed by atoms with van der Waals surface area (Å²) in [7, 11) is 3.26. The van der Waals surface area contributed by atoms with Crippen molar-refractivity contribution < 1.29 is 32.2 Å². The minimum atomic E-state index is -4.64. The molecular weight excluding hydrogens is 427 g/mol. The Kier molecular flexibility index (Phi) is 5.62. The van der Waals surface area contributed by atoms with E-state index in [1.54, 1.807) is 37.2 Å². The predicted octanol–water partition coefficient (Wildman–Crippen LogP) is 3.53. The zero-order chi connectivity index (χ0) is 23.0. The lowest BCUT2D eigenvalue weighted by Gasteiger charge is -2.22. The molecule has 0 bridgehead atoms. The molecule has 2 amide bonds. The van der Waals surface area contributed by atoms with Crippen molar-refractivity contribution in [1.29, 1.82) is 0 Å². The van der Waals surface area contributed by atoms with Crippen LogP contribution in [-0.2, 0) is 15.8 Å². The van der Waals surface area contributed by atoms with Gasteiger partial charge >= 0.3 is 6.18 Å². The van der Waals surface area contributed by atoms with E-state index in [-0.39, 0.29) is 24.6 Å². The molecule has 4 rings (SSSR count). The van der Waals surface area contributed by atoms with E-state index in [4.69, 9.17) is 9.47 Å². The van der Waals surface area contributed by atoms with Crippen molar-refractivity contribution in [2.75, 3.05) is 49.0 Å². The molecule has 0 radical (unpaired) electrons. The first-order valence-corrected chi connectivity index (χ1v) is 10.0. The molecular formula is C22H22F3N3O4. The minimum absolute atomic E-state index is 0.0570. The Bertz CT molecular complexity index is 1060. The van der Waals surface area contributed by atoms with Crippen LogP contribution in [0, 0.1) is 5.92 Å². The number of hydrogen-bond acceptors (Lipinski definition) is 5. The van der Waals surface area contributed by atoms with Crippen LogP contribution in [0.1, 0.15) is 12.0 Å². The summed E-state index contributed by atoms with van der Waals surface area (Å²) in [5.74, 6) is -0.639. The third-order valence-electron chi connectivity index (χ3n) is 5.42. The quantitative estimate of drug-likeness (QED) is 0.774. The molecule has 1 saturated heterocycles. The SMILES string of the molecule is CN(C)c1ccc(NC(=O)C2CC(=O)N(c3ccc4c(c3)OCCO4)C2)c(C(F)(F)F)c1. The van der Waals surface area contributed by atoms with Crippen molar-refractivity contribution in [3.05, 3.63) is 42.0 Å². The average Bonchev–Trinajstić information content (AvgIpc) is 3.14. The number of amides is 2. The number of rotatable bonds is 4. The Labute approximate surface area is 182 Å². The Hall–Kier alpha value is -3.43. The van der Waals surface area contributed by atoms with Crippen molar-refractivity contribution in [2.24, 2.45) is 5.92 Å². The van der Waals surface area contributed by atoms with E-state index < -0.39 is 23.6 Å². The molecule has 0 aromatic heterocycles. The Morgan fingerprint density at radius 1 is 1.09 bits per heavy atom. The van der Waals surface area contributed by atoms with Crippen molar-refractivity contribution in [2.45, 2.75) is 12.6 Å². The molecule has 0 saturated carbocycles. The molecule has 10 heteroatoms. The molecule has 32 heavy (non-hydrogen) atoms. The number of nitrogens with zero attached hydrogens (tertiary/aromatic N) is 2. The molecule has 2 aromatic rings. The van der Waals surface area contributed by atoms with Crippen LogP contribution >= 0.6 is 0 Å². The van der Waals surface area contributed by atoms with Crippen molar-refractivity contribution >= 4 is 28.9 Å². The van der Waals surface area contributed by atoms with Crippen molar-refractivity contribution in [3.63, 3.8) is 0 Å². The number of nitrogens with one attached hydrogen (secondary N) is 1.